The Hall–Kier alpha value is -0.650. The van der Waals surface area contributed by atoms with Crippen LogP contribution in [0.25, 0.3) is 0 Å². The fourth-order valence-corrected chi connectivity index (χ4v) is 3.33. The van der Waals surface area contributed by atoms with Crippen molar-refractivity contribution in [3.05, 3.63) is 0 Å². The Morgan fingerprint density at radius 1 is 1.04 bits per heavy atom. The highest BCUT2D eigenvalue weighted by Gasteiger charge is 2.22. The molecular weight excluding hydrogens is 292 g/mol. The fraction of sp³-hybridized carbons (Fsp3) is 0.944. The second-order valence-electron chi connectivity index (χ2n) is 7.86. The molecule has 0 N–H and O–H groups in total. The average molecular weight is 326 g/mol. The molecule has 5 nitrogen and oxygen atoms in total. The zero-order valence-corrected chi connectivity index (χ0v) is 15.2. The summed E-state index contributed by atoms with van der Waals surface area (Å²) in [6.07, 6.45) is 4.34. The largest absolute Gasteiger partial charge is 0.460 e. The molecule has 0 radical (unpaired) electrons. The van der Waals surface area contributed by atoms with Gasteiger partial charge >= 0.3 is 5.97 Å². The van der Waals surface area contributed by atoms with E-state index < -0.39 is 0 Å². The summed E-state index contributed by atoms with van der Waals surface area (Å²) in [4.78, 5) is 16.7. The lowest BCUT2D eigenvalue weighted by atomic mass is 9.93. The van der Waals surface area contributed by atoms with Crippen LogP contribution in [-0.2, 0) is 14.3 Å². The Bertz CT molecular complexity index is 354. The van der Waals surface area contributed by atoms with Gasteiger partial charge in [0.25, 0.3) is 0 Å². The van der Waals surface area contributed by atoms with Crippen molar-refractivity contribution >= 4 is 5.97 Å². The van der Waals surface area contributed by atoms with Gasteiger partial charge in [0.1, 0.15) is 5.60 Å². The highest BCUT2D eigenvalue weighted by atomic mass is 16.6. The van der Waals surface area contributed by atoms with Gasteiger partial charge in [0, 0.05) is 19.6 Å². The van der Waals surface area contributed by atoms with Gasteiger partial charge in [-0.25, -0.2) is 0 Å². The van der Waals surface area contributed by atoms with Gasteiger partial charge in [0.2, 0.25) is 0 Å². The molecule has 0 bridgehead atoms. The second kappa shape index (κ2) is 9.00. The standard InChI is InChI=1S/C18H34N2O3/c1-18(2,3)23-17(21)7-11-19-8-4-16(5-9-19)6-10-20-12-14-22-15-13-20/h16H,4-15H2,1-3H3. The van der Waals surface area contributed by atoms with Crippen LogP contribution in [0.5, 0.6) is 0 Å². The van der Waals surface area contributed by atoms with E-state index in [1.54, 1.807) is 0 Å². The maximum atomic E-state index is 11.8. The topological polar surface area (TPSA) is 42.0 Å². The average Bonchev–Trinajstić information content (AvgIpc) is 2.51. The van der Waals surface area contributed by atoms with Gasteiger partial charge in [0.15, 0.2) is 0 Å². The number of ether oxygens (including phenoxy) is 2. The van der Waals surface area contributed by atoms with Crippen LogP contribution in [0.15, 0.2) is 0 Å². The minimum absolute atomic E-state index is 0.0769. The van der Waals surface area contributed by atoms with Crippen LogP contribution in [0.2, 0.25) is 0 Å². The lowest BCUT2D eigenvalue weighted by molar-refractivity contribution is -0.155. The molecule has 2 fully saturated rings. The van der Waals surface area contributed by atoms with Crippen LogP contribution in [0.4, 0.5) is 0 Å². The van der Waals surface area contributed by atoms with Crippen molar-refractivity contribution in [2.24, 2.45) is 5.92 Å². The van der Waals surface area contributed by atoms with Gasteiger partial charge < -0.3 is 14.4 Å². The molecule has 0 amide bonds. The number of carbonyl (C=O) groups excluding carboxylic acids is 1. The molecule has 0 aromatic carbocycles. The minimum atomic E-state index is -0.371. The first-order chi connectivity index (χ1) is 10.9. The maximum absolute atomic E-state index is 11.8. The van der Waals surface area contributed by atoms with Gasteiger partial charge in [-0.15, -0.1) is 0 Å². The van der Waals surface area contributed by atoms with Gasteiger partial charge in [-0.1, -0.05) is 0 Å². The summed E-state index contributed by atoms with van der Waals surface area (Å²) in [7, 11) is 0. The molecule has 134 valence electrons. The van der Waals surface area contributed by atoms with Crippen LogP contribution in [0.1, 0.15) is 46.5 Å². The monoisotopic (exact) mass is 326 g/mol. The smallest absolute Gasteiger partial charge is 0.307 e. The lowest BCUT2D eigenvalue weighted by Crippen LogP contribution is -2.39. The molecule has 2 aliphatic rings. The molecule has 0 aromatic rings. The van der Waals surface area contributed by atoms with E-state index in [-0.39, 0.29) is 11.6 Å². The molecule has 0 atom stereocenters. The first-order valence-electron chi connectivity index (χ1n) is 9.17. The zero-order chi connectivity index (χ0) is 16.7. The number of hydrogen-bond donors (Lipinski definition) is 0. The number of nitrogens with zero attached hydrogens (tertiary/aromatic N) is 2. The predicted molar refractivity (Wildman–Crippen MR) is 91.5 cm³/mol. The van der Waals surface area contributed by atoms with Crippen molar-refractivity contribution in [2.45, 2.75) is 52.1 Å². The number of esters is 1. The molecule has 2 saturated heterocycles. The highest BCUT2D eigenvalue weighted by molar-refractivity contribution is 5.70. The Balaban J connectivity index is 1.55. The number of likely N-dealkylation sites (tertiary alicyclic amines) is 1. The zero-order valence-electron chi connectivity index (χ0n) is 15.2. The predicted octanol–water partition coefficient (Wildman–Crippen LogP) is 2.15. The number of morpholine rings is 1. The van der Waals surface area contributed by atoms with Gasteiger partial charge in [0.05, 0.1) is 19.6 Å². The van der Waals surface area contributed by atoms with E-state index in [1.807, 2.05) is 20.8 Å². The summed E-state index contributed by atoms with van der Waals surface area (Å²) in [5.74, 6) is 0.766. The maximum Gasteiger partial charge on any atom is 0.307 e. The normalized spacial score (nSPS) is 22.2. The number of hydrogen-bond acceptors (Lipinski definition) is 5. The molecule has 23 heavy (non-hydrogen) atoms. The summed E-state index contributed by atoms with van der Waals surface area (Å²) in [5, 5.41) is 0. The summed E-state index contributed by atoms with van der Waals surface area (Å²) >= 11 is 0. The molecule has 2 aliphatic heterocycles. The van der Waals surface area contributed by atoms with Crippen molar-refractivity contribution in [1.82, 2.24) is 9.80 Å². The second-order valence-corrected chi connectivity index (χ2v) is 7.86. The van der Waals surface area contributed by atoms with Crippen molar-refractivity contribution in [3.63, 3.8) is 0 Å². The Kier molecular flexibility index (Phi) is 7.31. The van der Waals surface area contributed by atoms with Gasteiger partial charge in [-0.2, -0.15) is 0 Å². The summed E-state index contributed by atoms with van der Waals surface area (Å²) in [6, 6.07) is 0. The Morgan fingerprint density at radius 2 is 1.65 bits per heavy atom. The van der Waals surface area contributed by atoms with Gasteiger partial charge in [-0.05, 0) is 65.6 Å². The summed E-state index contributed by atoms with van der Waals surface area (Å²) in [6.45, 7) is 14.0. The van der Waals surface area contributed by atoms with E-state index in [1.165, 1.54) is 25.8 Å². The van der Waals surface area contributed by atoms with E-state index in [2.05, 4.69) is 9.80 Å². The molecule has 0 unspecified atom stereocenters. The number of rotatable bonds is 6. The summed E-state index contributed by atoms with van der Waals surface area (Å²) in [5.41, 5.74) is -0.371. The van der Waals surface area contributed by atoms with Crippen molar-refractivity contribution in [2.75, 3.05) is 52.5 Å². The van der Waals surface area contributed by atoms with Crippen LogP contribution >= 0.6 is 0 Å². The van der Waals surface area contributed by atoms with E-state index >= 15 is 0 Å². The minimum Gasteiger partial charge on any atom is -0.460 e. The van der Waals surface area contributed by atoms with Crippen molar-refractivity contribution in [1.29, 1.82) is 0 Å². The SMILES string of the molecule is CC(C)(C)OC(=O)CCN1CCC(CCN2CCOCC2)CC1. The third-order valence-electron chi connectivity index (χ3n) is 4.72. The van der Waals surface area contributed by atoms with E-state index in [0.717, 1.165) is 51.9 Å². The molecule has 0 aliphatic carbocycles. The molecule has 0 saturated carbocycles. The Morgan fingerprint density at radius 3 is 2.26 bits per heavy atom. The third kappa shape index (κ3) is 7.64. The van der Waals surface area contributed by atoms with Gasteiger partial charge in [-0.3, -0.25) is 9.69 Å². The molecular formula is C18H34N2O3. The molecule has 0 spiro atoms. The van der Waals surface area contributed by atoms with Crippen molar-refractivity contribution < 1.29 is 14.3 Å². The van der Waals surface area contributed by atoms with Crippen molar-refractivity contribution in [3.8, 4) is 0 Å². The molecule has 2 rings (SSSR count). The first-order valence-corrected chi connectivity index (χ1v) is 9.17. The van der Waals surface area contributed by atoms with E-state index in [0.29, 0.717) is 6.42 Å². The van der Waals surface area contributed by atoms with Crippen LogP contribution in [0, 0.1) is 5.92 Å². The van der Waals surface area contributed by atoms with Crippen LogP contribution in [-0.4, -0.2) is 73.9 Å². The molecule has 5 heteroatoms. The van der Waals surface area contributed by atoms with Crippen LogP contribution < -0.4 is 0 Å². The fourth-order valence-electron chi connectivity index (χ4n) is 3.33. The summed E-state index contributed by atoms with van der Waals surface area (Å²) < 4.78 is 10.8. The molecule has 2 heterocycles. The first kappa shape index (κ1) is 18.7. The van der Waals surface area contributed by atoms with Crippen LogP contribution in [0.3, 0.4) is 0 Å². The number of carbonyl (C=O) groups is 1. The molecule has 0 aromatic heterocycles. The van der Waals surface area contributed by atoms with E-state index in [4.69, 9.17) is 9.47 Å². The quantitative estimate of drug-likeness (QED) is 0.700. The number of piperidine rings is 1. The lowest BCUT2D eigenvalue weighted by Gasteiger charge is -2.34. The van der Waals surface area contributed by atoms with E-state index in [9.17, 15) is 4.79 Å². The third-order valence-corrected chi connectivity index (χ3v) is 4.72. The Labute approximate surface area is 141 Å². The highest BCUT2D eigenvalue weighted by Crippen LogP contribution is 2.21.